The second-order valence-corrected chi connectivity index (χ2v) is 6.22. The van der Waals surface area contributed by atoms with Gasteiger partial charge in [-0.3, -0.25) is 9.59 Å². The predicted octanol–water partition coefficient (Wildman–Crippen LogP) is 1.69. The molecule has 0 aliphatic heterocycles. The van der Waals surface area contributed by atoms with Gasteiger partial charge in [-0.05, 0) is 36.8 Å². The minimum absolute atomic E-state index is 0.286. The van der Waals surface area contributed by atoms with E-state index in [0.29, 0.717) is 15.3 Å². The molecule has 0 atom stereocenters. The monoisotopic (exact) mass is 298 g/mol. The quantitative estimate of drug-likeness (QED) is 0.844. The van der Waals surface area contributed by atoms with Gasteiger partial charge < -0.3 is 10.6 Å². The molecular weight excluding hydrogens is 283 g/mol. The van der Waals surface area contributed by atoms with Crippen molar-refractivity contribution in [2.75, 3.05) is 5.32 Å². The molecule has 0 unspecified atom stereocenters. The number of anilines is 1. The summed E-state index contributed by atoms with van der Waals surface area (Å²) in [5, 5.41) is 5.48. The SMILES string of the molecule is [B]c1ccc(C(=O)NC(C)(C)C(=O)Nc2ccccc2)s1. The van der Waals surface area contributed by atoms with E-state index in [1.54, 1.807) is 38.1 Å². The van der Waals surface area contributed by atoms with Gasteiger partial charge in [0, 0.05) is 5.69 Å². The highest BCUT2D eigenvalue weighted by Gasteiger charge is 2.30. The number of carbonyl (C=O) groups excluding carboxylic acids is 2. The standard InChI is InChI=1S/C15H15BN2O2S/c1-15(2,14(20)17-10-6-4-3-5-7-10)18-13(19)11-8-9-12(16)21-11/h3-9H,1-2H3,(H,17,20)(H,18,19). The summed E-state index contributed by atoms with van der Waals surface area (Å²) in [4.78, 5) is 24.8. The molecule has 106 valence electrons. The Morgan fingerprint density at radius 3 is 2.33 bits per heavy atom. The number of hydrogen-bond donors (Lipinski definition) is 2. The van der Waals surface area contributed by atoms with Crippen LogP contribution in [0.15, 0.2) is 42.5 Å². The summed E-state index contributed by atoms with van der Waals surface area (Å²) in [5.41, 5.74) is -0.351. The van der Waals surface area contributed by atoms with Gasteiger partial charge in [-0.1, -0.05) is 24.3 Å². The molecule has 0 aliphatic rings. The average Bonchev–Trinajstić information content (AvgIpc) is 2.86. The maximum Gasteiger partial charge on any atom is 0.262 e. The van der Waals surface area contributed by atoms with Crippen molar-refractivity contribution in [2.45, 2.75) is 19.4 Å². The van der Waals surface area contributed by atoms with Crippen LogP contribution in [0.3, 0.4) is 0 Å². The van der Waals surface area contributed by atoms with Crippen LogP contribution >= 0.6 is 11.3 Å². The molecule has 0 bridgehead atoms. The lowest BCUT2D eigenvalue weighted by Gasteiger charge is -2.24. The number of nitrogens with one attached hydrogen (secondary N) is 2. The first kappa shape index (κ1) is 15.3. The normalized spacial score (nSPS) is 11.0. The van der Waals surface area contributed by atoms with Gasteiger partial charge in [0.25, 0.3) is 5.91 Å². The summed E-state index contributed by atoms with van der Waals surface area (Å²) in [5.74, 6) is -0.600. The van der Waals surface area contributed by atoms with E-state index in [2.05, 4.69) is 10.6 Å². The first-order valence-corrected chi connectivity index (χ1v) is 7.24. The van der Waals surface area contributed by atoms with Crippen LogP contribution in [0.25, 0.3) is 0 Å². The Kier molecular flexibility index (Phi) is 4.48. The Labute approximate surface area is 129 Å². The highest BCUT2D eigenvalue weighted by Crippen LogP contribution is 2.13. The largest absolute Gasteiger partial charge is 0.337 e. The Morgan fingerprint density at radius 2 is 1.76 bits per heavy atom. The third-order valence-electron chi connectivity index (χ3n) is 2.88. The second-order valence-electron chi connectivity index (χ2n) is 5.10. The van der Waals surface area contributed by atoms with Gasteiger partial charge in [-0.2, -0.15) is 0 Å². The van der Waals surface area contributed by atoms with Crippen LogP contribution < -0.4 is 15.4 Å². The summed E-state index contributed by atoms with van der Waals surface area (Å²) < 4.78 is 0.562. The Hall–Kier alpha value is -2.08. The van der Waals surface area contributed by atoms with Crippen molar-refractivity contribution in [3.8, 4) is 0 Å². The number of para-hydroxylation sites is 1. The maximum atomic E-state index is 12.3. The van der Waals surface area contributed by atoms with Crippen molar-refractivity contribution < 1.29 is 9.59 Å². The number of thiophene rings is 1. The minimum Gasteiger partial charge on any atom is -0.337 e. The summed E-state index contributed by atoms with van der Waals surface area (Å²) in [6.45, 7) is 3.31. The highest BCUT2D eigenvalue weighted by atomic mass is 32.1. The lowest BCUT2D eigenvalue weighted by atomic mass is 10.0. The van der Waals surface area contributed by atoms with Gasteiger partial charge in [0.15, 0.2) is 0 Å². The average molecular weight is 298 g/mol. The third kappa shape index (κ3) is 3.95. The summed E-state index contributed by atoms with van der Waals surface area (Å²) in [6, 6.07) is 12.4. The van der Waals surface area contributed by atoms with E-state index >= 15 is 0 Å². The number of hydrogen-bond acceptors (Lipinski definition) is 3. The molecule has 0 saturated carbocycles. The molecule has 2 radical (unpaired) electrons. The van der Waals surface area contributed by atoms with Gasteiger partial charge in [0.05, 0.1) is 4.88 Å². The molecule has 0 saturated heterocycles. The van der Waals surface area contributed by atoms with E-state index in [1.165, 1.54) is 11.3 Å². The zero-order valence-electron chi connectivity index (χ0n) is 11.8. The first-order chi connectivity index (χ1) is 9.88. The fourth-order valence-electron chi connectivity index (χ4n) is 1.69. The molecule has 2 N–H and O–H groups in total. The maximum absolute atomic E-state index is 12.3. The van der Waals surface area contributed by atoms with E-state index in [4.69, 9.17) is 7.85 Å². The van der Waals surface area contributed by atoms with E-state index in [1.807, 2.05) is 18.2 Å². The molecule has 2 aromatic rings. The third-order valence-corrected chi connectivity index (χ3v) is 3.79. The van der Waals surface area contributed by atoms with Crippen molar-refractivity contribution in [3.63, 3.8) is 0 Å². The molecule has 1 aromatic heterocycles. The number of benzene rings is 1. The van der Waals surface area contributed by atoms with Crippen LogP contribution in [-0.2, 0) is 4.79 Å². The summed E-state index contributed by atoms with van der Waals surface area (Å²) >= 11 is 1.19. The van der Waals surface area contributed by atoms with E-state index < -0.39 is 5.54 Å². The summed E-state index contributed by atoms with van der Waals surface area (Å²) in [7, 11) is 5.60. The van der Waals surface area contributed by atoms with Crippen molar-refractivity contribution in [3.05, 3.63) is 47.3 Å². The zero-order valence-corrected chi connectivity index (χ0v) is 12.7. The van der Waals surface area contributed by atoms with Crippen molar-refractivity contribution in [1.29, 1.82) is 0 Å². The van der Waals surface area contributed by atoms with Gasteiger partial charge in [0.2, 0.25) is 5.91 Å². The van der Waals surface area contributed by atoms with Crippen LogP contribution in [0.1, 0.15) is 23.5 Å². The van der Waals surface area contributed by atoms with E-state index in [9.17, 15) is 9.59 Å². The van der Waals surface area contributed by atoms with Crippen molar-refractivity contribution in [2.24, 2.45) is 0 Å². The summed E-state index contributed by atoms with van der Waals surface area (Å²) in [6.07, 6.45) is 0. The molecule has 4 nitrogen and oxygen atoms in total. The van der Waals surface area contributed by atoms with Crippen LogP contribution in [0.4, 0.5) is 5.69 Å². The highest BCUT2D eigenvalue weighted by molar-refractivity contribution is 7.21. The fraction of sp³-hybridized carbons (Fsp3) is 0.200. The fourth-order valence-corrected chi connectivity index (χ4v) is 2.36. The van der Waals surface area contributed by atoms with Gasteiger partial charge in [-0.15, -0.1) is 11.3 Å². The van der Waals surface area contributed by atoms with Gasteiger partial charge >= 0.3 is 0 Å². The Morgan fingerprint density at radius 1 is 1.10 bits per heavy atom. The molecule has 1 heterocycles. The van der Waals surface area contributed by atoms with E-state index in [0.717, 1.165) is 0 Å². The van der Waals surface area contributed by atoms with Crippen LogP contribution in [0.5, 0.6) is 0 Å². The Bertz CT molecular complexity index is 653. The van der Waals surface area contributed by atoms with Crippen molar-refractivity contribution in [1.82, 2.24) is 5.32 Å². The smallest absolute Gasteiger partial charge is 0.262 e. The van der Waals surface area contributed by atoms with Gasteiger partial charge in [0.1, 0.15) is 13.4 Å². The van der Waals surface area contributed by atoms with Crippen LogP contribution in [0, 0.1) is 0 Å². The zero-order chi connectivity index (χ0) is 15.5. The number of carbonyl (C=O) groups is 2. The van der Waals surface area contributed by atoms with Gasteiger partial charge in [-0.25, -0.2) is 0 Å². The van der Waals surface area contributed by atoms with Crippen LogP contribution in [-0.4, -0.2) is 25.2 Å². The van der Waals surface area contributed by atoms with Crippen molar-refractivity contribution >= 4 is 41.5 Å². The van der Waals surface area contributed by atoms with E-state index in [-0.39, 0.29) is 11.8 Å². The molecule has 2 amide bonds. The topological polar surface area (TPSA) is 58.2 Å². The molecule has 21 heavy (non-hydrogen) atoms. The first-order valence-electron chi connectivity index (χ1n) is 6.43. The number of amides is 2. The molecular formula is C15H15BN2O2S. The van der Waals surface area contributed by atoms with Crippen LogP contribution in [0.2, 0.25) is 0 Å². The number of rotatable bonds is 4. The minimum atomic E-state index is -1.04. The predicted molar refractivity (Wildman–Crippen MR) is 86.3 cm³/mol. The molecule has 0 fully saturated rings. The second kappa shape index (κ2) is 6.14. The lowest BCUT2D eigenvalue weighted by molar-refractivity contribution is -0.120. The Balaban J connectivity index is 2.03. The molecule has 2 rings (SSSR count). The molecule has 0 spiro atoms. The molecule has 6 heteroatoms. The molecule has 1 aromatic carbocycles. The molecule has 0 aliphatic carbocycles. The lowest BCUT2D eigenvalue weighted by Crippen LogP contribution is -2.52.